The number of aromatic nitrogens is 2. The third-order valence-electron chi connectivity index (χ3n) is 6.91. The lowest BCUT2D eigenvalue weighted by Gasteiger charge is -2.40. The number of rotatable bonds is 9. The smallest absolute Gasteiger partial charge is 0.303 e. The van der Waals surface area contributed by atoms with Crippen LogP contribution in [-0.2, 0) is 11.2 Å². The molecule has 0 radical (unpaired) electrons. The molecule has 0 aliphatic heterocycles. The van der Waals surface area contributed by atoms with Gasteiger partial charge in [-0.3, -0.25) is 4.79 Å². The van der Waals surface area contributed by atoms with Crippen LogP contribution in [0.3, 0.4) is 0 Å². The monoisotopic (exact) mass is 493 g/mol. The number of aliphatic carboxylic acids is 1. The summed E-state index contributed by atoms with van der Waals surface area (Å²) in [4.78, 5) is 16.2. The Bertz CT molecular complexity index is 1210. The second-order valence-corrected chi connectivity index (χ2v) is 11.2. The zero-order valence-corrected chi connectivity index (χ0v) is 22.3. The van der Waals surface area contributed by atoms with Gasteiger partial charge in [0.05, 0.1) is 24.2 Å². The predicted molar refractivity (Wildman–Crippen MR) is 144 cm³/mol. The van der Waals surface area contributed by atoms with E-state index in [4.69, 9.17) is 14.5 Å². The number of hydrogen-bond donors (Lipinski definition) is 2. The predicted octanol–water partition coefficient (Wildman–Crippen LogP) is 6.98. The van der Waals surface area contributed by atoms with E-state index in [9.17, 15) is 9.90 Å². The van der Waals surface area contributed by atoms with Crippen LogP contribution in [0, 0.1) is 11.3 Å². The summed E-state index contributed by atoms with van der Waals surface area (Å²) >= 11 is 0. The van der Waals surface area contributed by atoms with E-state index >= 15 is 0 Å². The first kappa shape index (κ1) is 25.9. The van der Waals surface area contributed by atoms with Crippen molar-refractivity contribution in [3.8, 4) is 11.5 Å². The van der Waals surface area contributed by atoms with Gasteiger partial charge in [0.15, 0.2) is 0 Å². The maximum atomic E-state index is 11.2. The Balaban J connectivity index is 1.78. The number of anilines is 2. The molecule has 4 rings (SSSR count). The molecule has 2 N–H and O–H groups in total. The Morgan fingerprint density at radius 3 is 2.56 bits per heavy atom. The van der Waals surface area contributed by atoms with E-state index in [1.165, 1.54) is 6.42 Å². The summed E-state index contributed by atoms with van der Waals surface area (Å²) in [6.07, 6.45) is 3.91. The largest absolute Gasteiger partial charge is 0.496 e. The lowest BCUT2D eigenvalue weighted by molar-refractivity contribution is -0.136. The molecule has 1 saturated carbocycles. The van der Waals surface area contributed by atoms with Crippen molar-refractivity contribution in [3.05, 3.63) is 42.0 Å². The molecule has 2 atom stereocenters. The first-order chi connectivity index (χ1) is 17.0. The number of fused-ring (bicyclic) bond motifs is 1. The van der Waals surface area contributed by atoms with Crippen LogP contribution < -0.4 is 14.8 Å². The number of methoxy groups -OCH3 is 1. The van der Waals surface area contributed by atoms with E-state index in [1.807, 2.05) is 50.2 Å². The Kier molecular flexibility index (Phi) is 7.48. The summed E-state index contributed by atoms with van der Waals surface area (Å²) < 4.78 is 13.8. The van der Waals surface area contributed by atoms with E-state index < -0.39 is 5.97 Å². The van der Waals surface area contributed by atoms with Gasteiger partial charge in [-0.05, 0) is 86.8 Å². The molecule has 2 aromatic carbocycles. The lowest BCUT2D eigenvalue weighted by atomic mass is 9.70. The number of carbonyl (C=O) groups is 1. The molecule has 36 heavy (non-hydrogen) atoms. The van der Waals surface area contributed by atoms with Crippen molar-refractivity contribution < 1.29 is 19.4 Å². The number of nitrogens with zero attached hydrogens (tertiary/aromatic N) is 2. The maximum Gasteiger partial charge on any atom is 0.303 e. The SMILES string of the molecule is COc1cc2c(cc1CCC(=O)O)nc(Nc1ccc(OC(C)C)cc1)n2[C@@H]1C[C@H](C)CC(C)(C)C1. The van der Waals surface area contributed by atoms with Crippen LogP contribution in [0.4, 0.5) is 11.6 Å². The van der Waals surface area contributed by atoms with Crippen molar-refractivity contribution in [1.82, 2.24) is 9.55 Å². The van der Waals surface area contributed by atoms with Crippen molar-refractivity contribution in [2.45, 2.75) is 78.9 Å². The average molecular weight is 494 g/mol. The van der Waals surface area contributed by atoms with Gasteiger partial charge in [-0.25, -0.2) is 4.98 Å². The molecular weight excluding hydrogens is 454 g/mol. The molecule has 1 aromatic heterocycles. The minimum Gasteiger partial charge on any atom is -0.496 e. The maximum absolute atomic E-state index is 11.2. The van der Waals surface area contributed by atoms with Gasteiger partial charge in [-0.15, -0.1) is 0 Å². The standard InChI is InChI=1S/C29H39N3O4/c1-18(2)36-23-10-8-21(9-11-23)30-28-31-24-14-20(7-12-27(33)34)26(35-6)15-25(24)32(28)22-13-19(3)16-29(4,5)17-22/h8-11,14-15,18-19,22H,7,12-13,16-17H2,1-6H3,(H,30,31)(H,33,34)/t19-,22+/m0/s1. The van der Waals surface area contributed by atoms with Gasteiger partial charge in [0.25, 0.3) is 0 Å². The molecule has 1 aliphatic carbocycles. The van der Waals surface area contributed by atoms with Gasteiger partial charge in [-0.2, -0.15) is 0 Å². The third-order valence-corrected chi connectivity index (χ3v) is 6.91. The summed E-state index contributed by atoms with van der Waals surface area (Å²) in [5, 5.41) is 12.7. The van der Waals surface area contributed by atoms with E-state index in [1.54, 1.807) is 7.11 Å². The topological polar surface area (TPSA) is 85.6 Å². The number of nitrogens with one attached hydrogen (secondary N) is 1. The van der Waals surface area contributed by atoms with Gasteiger partial charge in [-0.1, -0.05) is 20.8 Å². The van der Waals surface area contributed by atoms with E-state index in [0.29, 0.717) is 18.1 Å². The third kappa shape index (κ3) is 5.94. The Morgan fingerprint density at radius 1 is 1.22 bits per heavy atom. The Morgan fingerprint density at radius 2 is 1.94 bits per heavy atom. The van der Waals surface area contributed by atoms with Crippen LogP contribution >= 0.6 is 0 Å². The van der Waals surface area contributed by atoms with Gasteiger partial charge in [0, 0.05) is 24.2 Å². The highest BCUT2D eigenvalue weighted by atomic mass is 16.5. The molecule has 1 fully saturated rings. The number of ether oxygens (including phenoxy) is 2. The van der Waals surface area contributed by atoms with Crippen molar-refractivity contribution in [2.75, 3.05) is 12.4 Å². The lowest BCUT2D eigenvalue weighted by Crippen LogP contribution is -2.29. The molecule has 1 heterocycles. The molecule has 0 bridgehead atoms. The van der Waals surface area contributed by atoms with E-state index in [0.717, 1.165) is 46.8 Å². The van der Waals surface area contributed by atoms with Gasteiger partial charge >= 0.3 is 5.97 Å². The zero-order chi connectivity index (χ0) is 26.0. The molecule has 0 spiro atoms. The van der Waals surface area contributed by atoms with Crippen molar-refractivity contribution >= 4 is 28.6 Å². The van der Waals surface area contributed by atoms with Crippen LogP contribution in [0.5, 0.6) is 11.5 Å². The highest BCUT2D eigenvalue weighted by Gasteiger charge is 2.35. The molecule has 0 unspecified atom stereocenters. The van der Waals surface area contributed by atoms with Crippen molar-refractivity contribution in [1.29, 1.82) is 0 Å². The summed E-state index contributed by atoms with van der Waals surface area (Å²) in [5.74, 6) is 2.10. The summed E-state index contributed by atoms with van der Waals surface area (Å²) in [6, 6.07) is 12.2. The van der Waals surface area contributed by atoms with Crippen LogP contribution in [0.2, 0.25) is 0 Å². The number of benzene rings is 2. The fourth-order valence-corrected chi connectivity index (χ4v) is 5.76. The summed E-state index contributed by atoms with van der Waals surface area (Å²) in [7, 11) is 1.64. The normalized spacial score (nSPS) is 19.4. The fraction of sp³-hybridized carbons (Fsp3) is 0.517. The summed E-state index contributed by atoms with van der Waals surface area (Å²) in [6.45, 7) is 11.1. The second-order valence-electron chi connectivity index (χ2n) is 11.2. The molecule has 7 heteroatoms. The van der Waals surface area contributed by atoms with Crippen LogP contribution in [0.15, 0.2) is 36.4 Å². The minimum absolute atomic E-state index is 0.0484. The van der Waals surface area contributed by atoms with Gasteiger partial charge in [0.1, 0.15) is 11.5 Å². The van der Waals surface area contributed by atoms with Crippen molar-refractivity contribution in [3.63, 3.8) is 0 Å². The first-order valence-corrected chi connectivity index (χ1v) is 12.9. The quantitative estimate of drug-likeness (QED) is 0.334. The zero-order valence-electron chi connectivity index (χ0n) is 22.3. The minimum atomic E-state index is -0.826. The molecule has 0 amide bonds. The van der Waals surface area contributed by atoms with Crippen LogP contribution in [0.25, 0.3) is 11.0 Å². The molecule has 7 nitrogen and oxygen atoms in total. The van der Waals surface area contributed by atoms with Crippen LogP contribution in [0.1, 0.15) is 71.9 Å². The number of hydrogen-bond acceptors (Lipinski definition) is 5. The number of aryl methyl sites for hydroxylation is 1. The number of carboxylic acids is 1. The van der Waals surface area contributed by atoms with E-state index in [-0.39, 0.29) is 24.0 Å². The molecule has 1 aliphatic rings. The molecule has 194 valence electrons. The van der Waals surface area contributed by atoms with Gasteiger partial charge < -0.3 is 24.5 Å². The Hall–Kier alpha value is -3.22. The molecular formula is C29H39N3O4. The Labute approximate surface area is 213 Å². The molecule has 0 saturated heterocycles. The average Bonchev–Trinajstić information content (AvgIpc) is 3.13. The number of carboxylic acid groups (broad SMARTS) is 1. The van der Waals surface area contributed by atoms with Crippen LogP contribution in [-0.4, -0.2) is 33.8 Å². The summed E-state index contributed by atoms with van der Waals surface area (Å²) in [5.41, 5.74) is 3.87. The molecule has 3 aromatic rings. The number of imidazole rings is 1. The van der Waals surface area contributed by atoms with E-state index in [2.05, 4.69) is 30.7 Å². The highest BCUT2D eigenvalue weighted by Crippen LogP contribution is 2.46. The van der Waals surface area contributed by atoms with Gasteiger partial charge in [0.2, 0.25) is 5.95 Å². The second kappa shape index (κ2) is 10.4. The van der Waals surface area contributed by atoms with Crippen molar-refractivity contribution in [2.24, 2.45) is 11.3 Å². The highest BCUT2D eigenvalue weighted by molar-refractivity contribution is 5.83. The fourth-order valence-electron chi connectivity index (χ4n) is 5.76. The first-order valence-electron chi connectivity index (χ1n) is 12.9.